The first-order valence-corrected chi connectivity index (χ1v) is 4.44. The number of hydrogen-bond donors (Lipinski definition) is 2. The van der Waals surface area contributed by atoms with Gasteiger partial charge in [0.05, 0.1) is 6.10 Å². The van der Waals surface area contributed by atoms with Crippen molar-refractivity contribution in [2.24, 2.45) is 5.73 Å². The summed E-state index contributed by atoms with van der Waals surface area (Å²) in [6.07, 6.45) is -1.34. The molecule has 4 nitrogen and oxygen atoms in total. The second-order valence-electron chi connectivity index (χ2n) is 1.84. The molecule has 3 N–H and O–H groups in total. The highest BCUT2D eigenvalue weighted by Gasteiger charge is 2.12. The first-order chi connectivity index (χ1) is 5.06. The van der Waals surface area contributed by atoms with Crippen LogP contribution in [0.25, 0.3) is 0 Å². The van der Waals surface area contributed by atoms with Crippen molar-refractivity contribution in [1.82, 2.24) is 0 Å². The fraction of sp³-hybridized carbons (Fsp3) is 1.00. The summed E-state index contributed by atoms with van der Waals surface area (Å²) < 4.78 is 36.8. The van der Waals surface area contributed by atoms with Gasteiger partial charge in [-0.3, -0.25) is 9.09 Å². The Balaban J connectivity index is 3.52. The van der Waals surface area contributed by atoms with Crippen LogP contribution in [0.15, 0.2) is 0 Å². The van der Waals surface area contributed by atoms with Gasteiger partial charge in [-0.05, 0) is 0 Å². The van der Waals surface area contributed by atoms with Crippen molar-refractivity contribution in [2.75, 3.05) is 12.7 Å². The Bertz CT molecular complexity index is 135. The maximum atomic E-state index is 11.3. The van der Waals surface area contributed by atoms with Crippen LogP contribution in [0.5, 0.6) is 0 Å². The van der Waals surface area contributed by atoms with Crippen molar-refractivity contribution in [3.05, 3.63) is 0 Å². The molecule has 0 aliphatic heterocycles. The zero-order chi connectivity index (χ0) is 8.85. The minimum atomic E-state index is -3.05. The van der Waals surface area contributed by atoms with E-state index in [0.717, 1.165) is 0 Å². The number of aliphatic hydroxyl groups is 1. The SMILES string of the molecule is NCC(O)C[PH](=O)OC(F)F. The molecule has 0 amide bonds. The zero-order valence-electron chi connectivity index (χ0n) is 5.67. The lowest BCUT2D eigenvalue weighted by atomic mass is 10.4. The van der Waals surface area contributed by atoms with E-state index in [4.69, 9.17) is 10.8 Å². The molecule has 11 heavy (non-hydrogen) atoms. The second kappa shape index (κ2) is 5.60. The summed E-state index contributed by atoms with van der Waals surface area (Å²) in [6.45, 7) is -3.16. The molecule has 0 fully saturated rings. The number of alkyl halides is 2. The Morgan fingerprint density at radius 1 is 1.64 bits per heavy atom. The summed E-state index contributed by atoms with van der Waals surface area (Å²) in [6, 6.07) is 0. The number of halogens is 2. The standard InChI is InChI=1S/C4H10F2NO3P/c5-4(6)10-11(9)2-3(8)1-7/h3-4,8,11H,1-2,7H2. The van der Waals surface area contributed by atoms with E-state index in [-0.39, 0.29) is 12.7 Å². The van der Waals surface area contributed by atoms with E-state index >= 15 is 0 Å². The van der Waals surface area contributed by atoms with Crippen molar-refractivity contribution < 1.29 is 23.0 Å². The Labute approximate surface area is 63.2 Å². The second-order valence-corrected chi connectivity index (χ2v) is 3.23. The topological polar surface area (TPSA) is 72.5 Å². The summed E-state index contributed by atoms with van der Waals surface area (Å²) in [5.74, 6) is 0. The van der Waals surface area contributed by atoms with Crippen LogP contribution in [0.2, 0.25) is 0 Å². The van der Waals surface area contributed by atoms with Gasteiger partial charge in [0.2, 0.25) is 0 Å². The predicted octanol–water partition coefficient (Wildman–Crippen LogP) is 0.0199. The van der Waals surface area contributed by atoms with Crippen LogP contribution < -0.4 is 5.73 Å². The van der Waals surface area contributed by atoms with Gasteiger partial charge in [-0.2, -0.15) is 8.78 Å². The van der Waals surface area contributed by atoms with E-state index in [1.165, 1.54) is 0 Å². The van der Waals surface area contributed by atoms with E-state index < -0.39 is 20.7 Å². The smallest absolute Gasteiger partial charge is 0.350 e. The molecule has 0 radical (unpaired) electrons. The first kappa shape index (κ1) is 11.0. The van der Waals surface area contributed by atoms with Crippen LogP contribution >= 0.6 is 8.03 Å². The third-order valence-corrected chi connectivity index (χ3v) is 2.14. The monoisotopic (exact) mass is 189 g/mol. The molecule has 0 aliphatic rings. The highest BCUT2D eigenvalue weighted by Crippen LogP contribution is 2.25. The van der Waals surface area contributed by atoms with Crippen LogP contribution in [0.3, 0.4) is 0 Å². The van der Waals surface area contributed by atoms with Gasteiger partial charge in [0, 0.05) is 12.7 Å². The third-order valence-electron chi connectivity index (χ3n) is 0.895. The Morgan fingerprint density at radius 2 is 2.18 bits per heavy atom. The summed E-state index contributed by atoms with van der Waals surface area (Å²) in [4.78, 5) is 0. The van der Waals surface area contributed by atoms with Crippen LogP contribution in [0, 0.1) is 0 Å². The minimum absolute atomic E-state index is 0.108. The molecule has 0 aromatic rings. The molecule has 2 atom stereocenters. The lowest BCUT2D eigenvalue weighted by Gasteiger charge is -2.06. The molecule has 0 heterocycles. The van der Waals surface area contributed by atoms with Gasteiger partial charge >= 0.3 is 6.61 Å². The van der Waals surface area contributed by atoms with Crippen LogP contribution in [-0.4, -0.2) is 30.5 Å². The van der Waals surface area contributed by atoms with E-state index in [9.17, 15) is 13.3 Å². The van der Waals surface area contributed by atoms with E-state index in [1.54, 1.807) is 0 Å². The fourth-order valence-electron chi connectivity index (χ4n) is 0.423. The lowest BCUT2D eigenvalue weighted by Crippen LogP contribution is -2.22. The van der Waals surface area contributed by atoms with E-state index in [1.807, 2.05) is 0 Å². The van der Waals surface area contributed by atoms with Crippen LogP contribution in [0.4, 0.5) is 8.78 Å². The predicted molar refractivity (Wildman–Crippen MR) is 36.0 cm³/mol. The quantitative estimate of drug-likeness (QED) is 0.598. The molecule has 0 aromatic heterocycles. The molecule has 68 valence electrons. The summed E-state index contributed by atoms with van der Waals surface area (Å²) in [5.41, 5.74) is 4.94. The molecule has 0 aromatic carbocycles. The van der Waals surface area contributed by atoms with Gasteiger partial charge in [-0.25, -0.2) is 0 Å². The largest absolute Gasteiger partial charge is 0.391 e. The third kappa shape index (κ3) is 6.37. The highest BCUT2D eigenvalue weighted by molar-refractivity contribution is 7.39. The van der Waals surface area contributed by atoms with Crippen molar-refractivity contribution in [1.29, 1.82) is 0 Å². The molecule has 0 bridgehead atoms. The average molecular weight is 189 g/mol. The van der Waals surface area contributed by atoms with Gasteiger partial charge in [0.15, 0.2) is 8.03 Å². The molecule has 7 heteroatoms. The average Bonchev–Trinajstić information content (AvgIpc) is 1.85. The fourth-order valence-corrected chi connectivity index (χ4v) is 1.27. The number of aliphatic hydroxyl groups excluding tert-OH is 1. The van der Waals surface area contributed by atoms with Crippen LogP contribution in [0.1, 0.15) is 0 Å². The molecular weight excluding hydrogens is 179 g/mol. The summed E-state index contributed by atoms with van der Waals surface area (Å²) in [7, 11) is -2.83. The maximum absolute atomic E-state index is 11.3. The molecular formula is C4H10F2NO3P. The Kier molecular flexibility index (Phi) is 5.58. The van der Waals surface area contributed by atoms with Gasteiger partial charge < -0.3 is 10.8 Å². The summed E-state index contributed by atoms with van der Waals surface area (Å²) >= 11 is 0. The number of nitrogens with two attached hydrogens (primary N) is 1. The van der Waals surface area contributed by atoms with Crippen molar-refractivity contribution in [3.63, 3.8) is 0 Å². The molecule has 2 unspecified atom stereocenters. The van der Waals surface area contributed by atoms with Gasteiger partial charge in [-0.1, -0.05) is 0 Å². The van der Waals surface area contributed by atoms with Gasteiger partial charge in [0.25, 0.3) is 0 Å². The minimum Gasteiger partial charge on any atom is -0.391 e. The number of hydrogen-bond acceptors (Lipinski definition) is 4. The van der Waals surface area contributed by atoms with Crippen LogP contribution in [-0.2, 0) is 9.09 Å². The van der Waals surface area contributed by atoms with Gasteiger partial charge in [-0.15, -0.1) is 0 Å². The van der Waals surface area contributed by atoms with Crippen molar-refractivity contribution >= 4 is 8.03 Å². The highest BCUT2D eigenvalue weighted by atomic mass is 31.1. The zero-order valence-corrected chi connectivity index (χ0v) is 6.67. The molecule has 0 rings (SSSR count). The Hall–Kier alpha value is -0.0300. The maximum Gasteiger partial charge on any atom is 0.350 e. The van der Waals surface area contributed by atoms with E-state index in [0.29, 0.717) is 0 Å². The normalized spacial score (nSPS) is 16.8. The van der Waals surface area contributed by atoms with E-state index in [2.05, 4.69) is 4.52 Å². The first-order valence-electron chi connectivity index (χ1n) is 2.92. The lowest BCUT2D eigenvalue weighted by molar-refractivity contribution is -0.0444. The molecule has 0 spiro atoms. The summed E-state index contributed by atoms with van der Waals surface area (Å²) in [5, 5.41) is 8.72. The number of rotatable bonds is 5. The molecule has 0 aliphatic carbocycles. The Morgan fingerprint density at radius 3 is 2.55 bits per heavy atom. The van der Waals surface area contributed by atoms with Crippen molar-refractivity contribution in [3.8, 4) is 0 Å². The molecule has 0 saturated heterocycles. The van der Waals surface area contributed by atoms with Crippen molar-refractivity contribution in [2.45, 2.75) is 12.7 Å². The van der Waals surface area contributed by atoms with Gasteiger partial charge in [0.1, 0.15) is 0 Å². The molecule has 0 saturated carbocycles.